The van der Waals surface area contributed by atoms with E-state index in [0.717, 1.165) is 0 Å². The molecule has 7 heteroatoms. The van der Waals surface area contributed by atoms with E-state index in [9.17, 15) is 13.2 Å². The Morgan fingerprint density at radius 1 is 1.12 bits per heavy atom. The number of ether oxygens (including phenoxy) is 1. The van der Waals surface area contributed by atoms with Gasteiger partial charge in [0.15, 0.2) is 0 Å². The smallest absolute Gasteiger partial charge is 0.244 e. The first-order valence-corrected chi connectivity index (χ1v) is 9.88. The fourth-order valence-corrected chi connectivity index (χ4v) is 5.05. The molecular formula is C19H22N2O4S. The highest BCUT2D eigenvalue weighted by atomic mass is 32.2. The minimum absolute atomic E-state index is 0.129. The Morgan fingerprint density at radius 3 is 2.42 bits per heavy atom. The average molecular weight is 374 g/mol. The van der Waals surface area contributed by atoms with Crippen molar-refractivity contribution in [1.82, 2.24) is 9.62 Å². The molecule has 0 unspecified atom stereocenters. The summed E-state index contributed by atoms with van der Waals surface area (Å²) in [6.07, 6.45) is -0.0850. The molecule has 1 heterocycles. The van der Waals surface area contributed by atoms with Crippen LogP contribution in [0, 0.1) is 6.92 Å². The molecule has 1 amide bonds. The molecule has 1 aliphatic heterocycles. The van der Waals surface area contributed by atoms with Crippen LogP contribution in [0.3, 0.4) is 0 Å². The van der Waals surface area contributed by atoms with Crippen LogP contribution < -0.4 is 10.1 Å². The van der Waals surface area contributed by atoms with E-state index in [1.165, 1.54) is 11.4 Å². The summed E-state index contributed by atoms with van der Waals surface area (Å²) in [4.78, 5) is 12.5. The number of para-hydroxylation sites is 1. The van der Waals surface area contributed by atoms with Gasteiger partial charge in [-0.15, -0.1) is 0 Å². The zero-order valence-electron chi connectivity index (χ0n) is 14.8. The van der Waals surface area contributed by atoms with Crippen molar-refractivity contribution >= 4 is 15.9 Å². The maximum absolute atomic E-state index is 13.2. The summed E-state index contributed by atoms with van der Waals surface area (Å²) in [6.45, 7) is 1.87. The Balaban J connectivity index is 1.90. The summed E-state index contributed by atoms with van der Waals surface area (Å²) in [5, 5.41) is 2.56. The molecule has 0 aliphatic carbocycles. The number of rotatable bonds is 5. The molecule has 3 rings (SSSR count). The van der Waals surface area contributed by atoms with Gasteiger partial charge < -0.3 is 10.1 Å². The number of nitrogens with one attached hydrogen (secondary N) is 1. The van der Waals surface area contributed by atoms with Crippen LogP contribution in [0.2, 0.25) is 0 Å². The number of sulfonamides is 1. The van der Waals surface area contributed by atoms with Crippen molar-refractivity contribution in [2.75, 3.05) is 13.6 Å². The largest absolute Gasteiger partial charge is 0.489 e. The van der Waals surface area contributed by atoms with Crippen LogP contribution in [0.5, 0.6) is 5.75 Å². The topological polar surface area (TPSA) is 75.7 Å². The predicted octanol–water partition coefficient (Wildman–Crippen LogP) is 1.95. The summed E-state index contributed by atoms with van der Waals surface area (Å²) in [7, 11) is -2.30. The molecule has 0 spiro atoms. The van der Waals surface area contributed by atoms with Gasteiger partial charge in [0.25, 0.3) is 0 Å². The third-order valence-electron chi connectivity index (χ3n) is 4.49. The first-order valence-electron chi connectivity index (χ1n) is 8.44. The van der Waals surface area contributed by atoms with Crippen LogP contribution in [0.4, 0.5) is 0 Å². The Bertz CT molecular complexity index is 883. The third kappa shape index (κ3) is 3.59. The monoisotopic (exact) mass is 374 g/mol. The summed E-state index contributed by atoms with van der Waals surface area (Å²) in [6, 6.07) is 15.2. The molecule has 138 valence electrons. The van der Waals surface area contributed by atoms with E-state index in [0.29, 0.717) is 17.7 Å². The number of carbonyl (C=O) groups is 1. The molecule has 0 aromatic heterocycles. The van der Waals surface area contributed by atoms with Crippen molar-refractivity contribution in [3.05, 3.63) is 60.2 Å². The highest BCUT2D eigenvalue weighted by Gasteiger charge is 2.45. The summed E-state index contributed by atoms with van der Waals surface area (Å²) in [5.74, 6) is 0.324. The normalized spacial score (nSPS) is 20.7. The van der Waals surface area contributed by atoms with Gasteiger partial charge in [0.2, 0.25) is 15.9 Å². The highest BCUT2D eigenvalue weighted by Crippen LogP contribution is 2.30. The SMILES string of the molecule is CNC(=O)[C@@H]1C[C@H](Oc2ccccc2)CN1S(=O)(=O)c1ccccc1C. The minimum atomic E-state index is -3.81. The molecule has 26 heavy (non-hydrogen) atoms. The van der Waals surface area contributed by atoms with E-state index in [4.69, 9.17) is 4.74 Å². The van der Waals surface area contributed by atoms with Gasteiger partial charge in [-0.05, 0) is 30.7 Å². The molecule has 2 aromatic rings. The van der Waals surface area contributed by atoms with E-state index >= 15 is 0 Å². The Hall–Kier alpha value is -2.38. The standard InChI is InChI=1S/C19H22N2O4S/c1-14-8-6-7-11-18(14)26(23,24)21-13-16(12-17(21)19(22)20-2)25-15-9-4-3-5-10-15/h3-11,16-17H,12-13H2,1-2H3,(H,20,22)/t16-,17-/m0/s1. The molecule has 2 atom stereocenters. The van der Waals surface area contributed by atoms with E-state index in [2.05, 4.69) is 5.32 Å². The van der Waals surface area contributed by atoms with Crippen LogP contribution in [0.25, 0.3) is 0 Å². The lowest BCUT2D eigenvalue weighted by Gasteiger charge is -2.23. The van der Waals surface area contributed by atoms with E-state index in [1.54, 1.807) is 31.2 Å². The van der Waals surface area contributed by atoms with Crippen LogP contribution in [-0.4, -0.2) is 44.4 Å². The van der Waals surface area contributed by atoms with Crippen LogP contribution in [-0.2, 0) is 14.8 Å². The fourth-order valence-electron chi connectivity index (χ4n) is 3.19. The lowest BCUT2D eigenvalue weighted by molar-refractivity contribution is -0.123. The number of carbonyl (C=O) groups excluding carboxylic acids is 1. The van der Waals surface area contributed by atoms with Crippen molar-refractivity contribution in [2.45, 2.75) is 30.4 Å². The summed E-state index contributed by atoms with van der Waals surface area (Å²) < 4.78 is 33.5. The van der Waals surface area contributed by atoms with Crippen molar-refractivity contribution in [3.63, 3.8) is 0 Å². The van der Waals surface area contributed by atoms with E-state index in [-0.39, 0.29) is 17.3 Å². The fraction of sp³-hybridized carbons (Fsp3) is 0.316. The highest BCUT2D eigenvalue weighted by molar-refractivity contribution is 7.89. The van der Waals surface area contributed by atoms with Gasteiger partial charge in [0.1, 0.15) is 17.9 Å². The second-order valence-corrected chi connectivity index (χ2v) is 8.12. The molecule has 1 N–H and O–H groups in total. The van der Waals surface area contributed by atoms with E-state index < -0.39 is 22.2 Å². The molecule has 1 aliphatic rings. The Morgan fingerprint density at radius 2 is 1.77 bits per heavy atom. The number of benzene rings is 2. The minimum Gasteiger partial charge on any atom is -0.489 e. The number of hydrogen-bond donors (Lipinski definition) is 1. The number of hydrogen-bond acceptors (Lipinski definition) is 4. The van der Waals surface area contributed by atoms with Crippen molar-refractivity contribution < 1.29 is 17.9 Å². The maximum atomic E-state index is 13.2. The number of amides is 1. The summed E-state index contributed by atoms with van der Waals surface area (Å²) >= 11 is 0. The molecule has 0 bridgehead atoms. The first kappa shape index (κ1) is 18.4. The van der Waals surface area contributed by atoms with E-state index in [1.807, 2.05) is 30.3 Å². The Labute approximate surface area is 153 Å². The molecule has 2 aromatic carbocycles. The van der Waals surface area contributed by atoms with Gasteiger partial charge in [-0.25, -0.2) is 8.42 Å². The second-order valence-electron chi connectivity index (χ2n) is 6.26. The summed E-state index contributed by atoms with van der Waals surface area (Å²) in [5.41, 5.74) is 0.649. The van der Waals surface area contributed by atoms with Gasteiger partial charge >= 0.3 is 0 Å². The molecular weight excluding hydrogens is 352 g/mol. The van der Waals surface area contributed by atoms with Crippen LogP contribution in [0.1, 0.15) is 12.0 Å². The average Bonchev–Trinajstić information content (AvgIpc) is 3.07. The lowest BCUT2D eigenvalue weighted by Crippen LogP contribution is -2.45. The molecule has 1 fully saturated rings. The predicted molar refractivity (Wildman–Crippen MR) is 98.4 cm³/mol. The lowest BCUT2D eigenvalue weighted by atomic mass is 10.2. The van der Waals surface area contributed by atoms with Gasteiger partial charge in [-0.3, -0.25) is 4.79 Å². The van der Waals surface area contributed by atoms with Crippen molar-refractivity contribution in [2.24, 2.45) is 0 Å². The molecule has 6 nitrogen and oxygen atoms in total. The maximum Gasteiger partial charge on any atom is 0.244 e. The Kier molecular flexibility index (Phi) is 5.29. The zero-order chi connectivity index (χ0) is 18.7. The number of nitrogens with zero attached hydrogens (tertiary/aromatic N) is 1. The quantitative estimate of drug-likeness (QED) is 0.868. The zero-order valence-corrected chi connectivity index (χ0v) is 15.6. The van der Waals surface area contributed by atoms with Gasteiger partial charge in [-0.2, -0.15) is 4.31 Å². The van der Waals surface area contributed by atoms with Crippen molar-refractivity contribution in [3.8, 4) is 5.75 Å². The van der Waals surface area contributed by atoms with Crippen LogP contribution >= 0.6 is 0 Å². The molecule has 0 saturated carbocycles. The molecule has 1 saturated heterocycles. The number of likely N-dealkylation sites (N-methyl/N-ethyl adjacent to an activating group) is 1. The number of aryl methyl sites for hydroxylation is 1. The first-order chi connectivity index (χ1) is 12.4. The van der Waals surface area contributed by atoms with Crippen molar-refractivity contribution in [1.29, 1.82) is 0 Å². The third-order valence-corrected chi connectivity index (χ3v) is 6.53. The molecule has 0 radical (unpaired) electrons. The second kappa shape index (κ2) is 7.47. The van der Waals surface area contributed by atoms with Gasteiger partial charge in [-0.1, -0.05) is 36.4 Å². The van der Waals surface area contributed by atoms with Gasteiger partial charge in [0.05, 0.1) is 11.4 Å². The van der Waals surface area contributed by atoms with Gasteiger partial charge in [0, 0.05) is 13.5 Å². The van der Waals surface area contributed by atoms with Crippen LogP contribution in [0.15, 0.2) is 59.5 Å².